The van der Waals surface area contributed by atoms with Crippen LogP contribution in [0, 0.1) is 0 Å². The number of rotatable bonds is 4. The van der Waals surface area contributed by atoms with Crippen molar-refractivity contribution in [2.45, 2.75) is 12.8 Å². The molecule has 2 heterocycles. The standard InChI is InChI=1S/C18H17F3N2O4/c19-18(20,21)14-3-6-16(22-11-14)27-15-4-1-13(2-5-15)12-26-17(24)23-7-9-25-10-8-23/h1-6,11H,7-10,12H2. The second-order valence-corrected chi connectivity index (χ2v) is 5.78. The maximum atomic E-state index is 12.5. The highest BCUT2D eigenvalue weighted by Gasteiger charge is 2.30. The van der Waals surface area contributed by atoms with E-state index in [9.17, 15) is 18.0 Å². The maximum Gasteiger partial charge on any atom is 0.417 e. The number of ether oxygens (including phenoxy) is 3. The fraction of sp³-hybridized carbons (Fsp3) is 0.333. The van der Waals surface area contributed by atoms with Gasteiger partial charge in [0.15, 0.2) is 0 Å². The molecule has 6 nitrogen and oxygen atoms in total. The molecule has 1 aromatic carbocycles. The Kier molecular flexibility index (Phi) is 5.80. The highest BCUT2D eigenvalue weighted by Crippen LogP contribution is 2.30. The molecule has 1 aliphatic heterocycles. The number of alkyl halides is 3. The number of hydrogen-bond donors (Lipinski definition) is 0. The van der Waals surface area contributed by atoms with E-state index in [-0.39, 0.29) is 12.5 Å². The topological polar surface area (TPSA) is 60.9 Å². The van der Waals surface area contributed by atoms with Gasteiger partial charge in [-0.2, -0.15) is 13.2 Å². The van der Waals surface area contributed by atoms with Gasteiger partial charge in [0, 0.05) is 25.4 Å². The Balaban J connectivity index is 1.52. The van der Waals surface area contributed by atoms with Gasteiger partial charge in [-0.05, 0) is 23.8 Å². The Morgan fingerprint density at radius 2 is 1.81 bits per heavy atom. The van der Waals surface area contributed by atoms with E-state index in [0.717, 1.165) is 23.9 Å². The van der Waals surface area contributed by atoms with Crippen LogP contribution in [0.25, 0.3) is 0 Å². The van der Waals surface area contributed by atoms with Crippen LogP contribution in [0.5, 0.6) is 11.6 Å². The number of carbonyl (C=O) groups excluding carboxylic acids is 1. The summed E-state index contributed by atoms with van der Waals surface area (Å²) in [6, 6.07) is 8.70. The summed E-state index contributed by atoms with van der Waals surface area (Å²) in [4.78, 5) is 17.1. The van der Waals surface area contributed by atoms with E-state index in [1.54, 1.807) is 29.2 Å². The predicted molar refractivity (Wildman–Crippen MR) is 88.3 cm³/mol. The maximum absolute atomic E-state index is 12.5. The average Bonchev–Trinajstić information content (AvgIpc) is 2.67. The Labute approximate surface area is 153 Å². The first-order valence-corrected chi connectivity index (χ1v) is 8.21. The van der Waals surface area contributed by atoms with Crippen molar-refractivity contribution in [3.8, 4) is 11.6 Å². The Hall–Kier alpha value is -2.81. The van der Waals surface area contributed by atoms with Crippen LogP contribution in [-0.4, -0.2) is 42.3 Å². The number of halogens is 3. The number of benzene rings is 1. The normalized spacial score (nSPS) is 14.7. The number of amides is 1. The number of aromatic nitrogens is 1. The molecule has 0 radical (unpaired) electrons. The van der Waals surface area contributed by atoms with Crippen LogP contribution < -0.4 is 4.74 Å². The molecule has 0 aliphatic carbocycles. The zero-order valence-electron chi connectivity index (χ0n) is 14.2. The summed E-state index contributed by atoms with van der Waals surface area (Å²) in [6.45, 7) is 2.12. The summed E-state index contributed by atoms with van der Waals surface area (Å²) < 4.78 is 53.4. The van der Waals surface area contributed by atoms with Gasteiger partial charge in [-0.25, -0.2) is 9.78 Å². The molecule has 1 fully saturated rings. The lowest BCUT2D eigenvalue weighted by molar-refractivity contribution is -0.137. The molecule has 0 saturated carbocycles. The minimum atomic E-state index is -4.44. The molecule has 27 heavy (non-hydrogen) atoms. The van der Waals surface area contributed by atoms with E-state index in [1.807, 2.05) is 0 Å². The zero-order valence-corrected chi connectivity index (χ0v) is 14.2. The lowest BCUT2D eigenvalue weighted by Gasteiger charge is -2.25. The number of carbonyl (C=O) groups is 1. The first-order chi connectivity index (χ1) is 12.9. The molecule has 1 aliphatic rings. The zero-order chi connectivity index (χ0) is 19.3. The second kappa shape index (κ2) is 8.26. The smallest absolute Gasteiger partial charge is 0.417 e. The van der Waals surface area contributed by atoms with E-state index in [1.165, 1.54) is 0 Å². The number of pyridine rings is 1. The summed E-state index contributed by atoms with van der Waals surface area (Å²) in [5, 5.41) is 0. The largest absolute Gasteiger partial charge is 0.445 e. The third-order valence-electron chi connectivity index (χ3n) is 3.84. The van der Waals surface area contributed by atoms with Crippen LogP contribution in [0.1, 0.15) is 11.1 Å². The van der Waals surface area contributed by atoms with Crippen molar-refractivity contribution < 1.29 is 32.2 Å². The minimum Gasteiger partial charge on any atom is -0.445 e. The second-order valence-electron chi connectivity index (χ2n) is 5.78. The Bertz CT molecular complexity index is 758. The van der Waals surface area contributed by atoms with E-state index in [4.69, 9.17) is 14.2 Å². The lowest BCUT2D eigenvalue weighted by atomic mass is 10.2. The van der Waals surface area contributed by atoms with Gasteiger partial charge in [-0.3, -0.25) is 0 Å². The van der Waals surface area contributed by atoms with Crippen molar-refractivity contribution in [3.63, 3.8) is 0 Å². The van der Waals surface area contributed by atoms with Crippen LogP contribution in [-0.2, 0) is 22.3 Å². The van der Waals surface area contributed by atoms with Crippen LogP contribution in [0.2, 0.25) is 0 Å². The SMILES string of the molecule is O=C(OCc1ccc(Oc2ccc(C(F)(F)F)cn2)cc1)N1CCOCC1. The first kappa shape index (κ1) is 19.0. The number of hydrogen-bond acceptors (Lipinski definition) is 5. The van der Waals surface area contributed by atoms with E-state index in [2.05, 4.69) is 4.98 Å². The summed E-state index contributed by atoms with van der Waals surface area (Å²) >= 11 is 0. The molecule has 1 saturated heterocycles. The molecule has 3 rings (SSSR count). The van der Waals surface area contributed by atoms with Crippen LogP contribution in [0.3, 0.4) is 0 Å². The Morgan fingerprint density at radius 3 is 2.41 bits per heavy atom. The molecular weight excluding hydrogens is 365 g/mol. The van der Waals surface area contributed by atoms with Gasteiger partial charge in [0.25, 0.3) is 0 Å². The number of nitrogens with zero attached hydrogens (tertiary/aromatic N) is 2. The van der Waals surface area contributed by atoms with Crippen LogP contribution in [0.4, 0.5) is 18.0 Å². The fourth-order valence-corrected chi connectivity index (χ4v) is 2.37. The number of morpholine rings is 1. The van der Waals surface area contributed by atoms with Gasteiger partial charge in [0.1, 0.15) is 12.4 Å². The van der Waals surface area contributed by atoms with Crippen molar-refractivity contribution in [2.24, 2.45) is 0 Å². The highest BCUT2D eigenvalue weighted by molar-refractivity contribution is 5.67. The van der Waals surface area contributed by atoms with Crippen LogP contribution >= 0.6 is 0 Å². The van der Waals surface area contributed by atoms with Crippen molar-refractivity contribution in [3.05, 3.63) is 53.7 Å². The summed E-state index contributed by atoms with van der Waals surface area (Å²) in [6.07, 6.45) is -4.12. The van der Waals surface area contributed by atoms with Gasteiger partial charge < -0.3 is 19.1 Å². The monoisotopic (exact) mass is 382 g/mol. The van der Waals surface area contributed by atoms with Gasteiger partial charge in [-0.15, -0.1) is 0 Å². The van der Waals surface area contributed by atoms with Gasteiger partial charge in [0.05, 0.1) is 18.8 Å². The summed E-state index contributed by atoms with van der Waals surface area (Å²) in [7, 11) is 0. The van der Waals surface area contributed by atoms with Gasteiger partial charge in [0.2, 0.25) is 5.88 Å². The molecule has 0 N–H and O–H groups in total. The first-order valence-electron chi connectivity index (χ1n) is 8.21. The van der Waals surface area contributed by atoms with Crippen molar-refractivity contribution in [1.29, 1.82) is 0 Å². The molecule has 144 valence electrons. The van der Waals surface area contributed by atoms with Crippen molar-refractivity contribution in [1.82, 2.24) is 9.88 Å². The minimum absolute atomic E-state index is 0.0505. The average molecular weight is 382 g/mol. The quantitative estimate of drug-likeness (QED) is 0.804. The van der Waals surface area contributed by atoms with Crippen molar-refractivity contribution in [2.75, 3.05) is 26.3 Å². The molecule has 0 bridgehead atoms. The third-order valence-corrected chi connectivity index (χ3v) is 3.84. The van der Waals surface area contributed by atoms with E-state index >= 15 is 0 Å². The fourth-order valence-electron chi connectivity index (χ4n) is 2.37. The summed E-state index contributed by atoms with van der Waals surface area (Å²) in [5.41, 5.74) is -0.0865. The van der Waals surface area contributed by atoms with Gasteiger partial charge in [-0.1, -0.05) is 12.1 Å². The molecule has 9 heteroatoms. The predicted octanol–water partition coefficient (Wildman–Crippen LogP) is 3.86. The third kappa shape index (κ3) is 5.33. The molecule has 1 amide bonds. The Morgan fingerprint density at radius 1 is 1.11 bits per heavy atom. The molecule has 2 aromatic rings. The van der Waals surface area contributed by atoms with E-state index < -0.39 is 17.8 Å². The van der Waals surface area contributed by atoms with Crippen LogP contribution in [0.15, 0.2) is 42.6 Å². The molecule has 0 atom stereocenters. The molecule has 1 aromatic heterocycles. The summed E-state index contributed by atoms with van der Waals surface area (Å²) in [5.74, 6) is 0.458. The van der Waals surface area contributed by atoms with Gasteiger partial charge >= 0.3 is 12.3 Å². The van der Waals surface area contributed by atoms with Crippen molar-refractivity contribution >= 4 is 6.09 Å². The molecule has 0 spiro atoms. The molecular formula is C18H17F3N2O4. The van der Waals surface area contributed by atoms with E-state index in [0.29, 0.717) is 32.1 Å². The highest BCUT2D eigenvalue weighted by atomic mass is 19.4. The molecule has 0 unspecified atom stereocenters. The lowest BCUT2D eigenvalue weighted by Crippen LogP contribution is -2.40.